The van der Waals surface area contributed by atoms with E-state index < -0.39 is 0 Å². The summed E-state index contributed by atoms with van der Waals surface area (Å²) in [6.07, 6.45) is -0.363. The van der Waals surface area contributed by atoms with E-state index in [0.717, 1.165) is 30.0 Å². The Bertz CT molecular complexity index is 505. The zero-order chi connectivity index (χ0) is 15.9. The van der Waals surface area contributed by atoms with Gasteiger partial charge in [-0.05, 0) is 37.6 Å². The third-order valence-corrected chi connectivity index (χ3v) is 3.90. The van der Waals surface area contributed by atoms with Crippen LogP contribution in [0.3, 0.4) is 0 Å². The summed E-state index contributed by atoms with van der Waals surface area (Å²) < 4.78 is 11.1. The molecule has 1 atom stereocenters. The number of amides is 1. The highest BCUT2D eigenvalue weighted by atomic mass is 16.5. The summed E-state index contributed by atoms with van der Waals surface area (Å²) in [4.78, 5) is 14.4. The van der Waals surface area contributed by atoms with E-state index in [1.165, 1.54) is 0 Å². The molecule has 1 amide bonds. The standard InChI is InChI=1S/C17H26N2O3/c1-4-19-8-9-22-16(12-19)17(20)18-11-14-6-7-15(21-5-2)13(3)10-14/h6-7,10,16H,4-5,8-9,11-12H2,1-3H3,(H,18,20)/t16-/m1/s1. The number of likely N-dealkylation sites (N-methyl/N-ethyl adjacent to an activating group) is 1. The van der Waals surface area contributed by atoms with Crippen LogP contribution in [0.5, 0.6) is 5.75 Å². The second-order valence-corrected chi connectivity index (χ2v) is 5.50. The Hall–Kier alpha value is -1.59. The van der Waals surface area contributed by atoms with E-state index in [9.17, 15) is 4.79 Å². The maximum absolute atomic E-state index is 12.2. The molecule has 0 bridgehead atoms. The van der Waals surface area contributed by atoms with Crippen LogP contribution in [0.15, 0.2) is 18.2 Å². The molecule has 1 aliphatic heterocycles. The second kappa shape index (κ2) is 8.15. The molecule has 22 heavy (non-hydrogen) atoms. The molecule has 1 fully saturated rings. The molecular formula is C17H26N2O3. The minimum atomic E-state index is -0.363. The van der Waals surface area contributed by atoms with Gasteiger partial charge in [-0.3, -0.25) is 9.69 Å². The largest absolute Gasteiger partial charge is 0.494 e. The first-order valence-corrected chi connectivity index (χ1v) is 7.98. The molecule has 2 rings (SSSR count). The van der Waals surface area contributed by atoms with Gasteiger partial charge in [0.1, 0.15) is 11.9 Å². The average Bonchev–Trinajstić information content (AvgIpc) is 2.55. The summed E-state index contributed by atoms with van der Waals surface area (Å²) in [6, 6.07) is 5.99. The first kappa shape index (κ1) is 16.8. The van der Waals surface area contributed by atoms with Crippen molar-refractivity contribution in [3.8, 4) is 5.75 Å². The van der Waals surface area contributed by atoms with Crippen molar-refractivity contribution in [3.05, 3.63) is 29.3 Å². The lowest BCUT2D eigenvalue weighted by molar-refractivity contribution is -0.138. The summed E-state index contributed by atoms with van der Waals surface area (Å²) >= 11 is 0. The summed E-state index contributed by atoms with van der Waals surface area (Å²) in [6.45, 7) is 10.4. The SMILES string of the molecule is CCOc1ccc(CNC(=O)[C@H]2CN(CC)CCO2)cc1C. The van der Waals surface area contributed by atoms with E-state index >= 15 is 0 Å². The van der Waals surface area contributed by atoms with Gasteiger partial charge >= 0.3 is 0 Å². The van der Waals surface area contributed by atoms with Gasteiger partial charge in [-0.25, -0.2) is 0 Å². The van der Waals surface area contributed by atoms with Crippen molar-refractivity contribution in [2.75, 3.05) is 32.8 Å². The number of nitrogens with one attached hydrogen (secondary N) is 1. The predicted molar refractivity (Wildman–Crippen MR) is 86.0 cm³/mol. The number of benzene rings is 1. The molecule has 0 radical (unpaired) electrons. The lowest BCUT2D eigenvalue weighted by Crippen LogP contribution is -2.49. The highest BCUT2D eigenvalue weighted by molar-refractivity contribution is 5.81. The van der Waals surface area contributed by atoms with E-state index in [2.05, 4.69) is 17.1 Å². The first-order chi connectivity index (χ1) is 10.6. The first-order valence-electron chi connectivity index (χ1n) is 7.98. The third kappa shape index (κ3) is 4.45. The van der Waals surface area contributed by atoms with Gasteiger partial charge in [-0.1, -0.05) is 19.1 Å². The Morgan fingerprint density at radius 1 is 1.45 bits per heavy atom. The smallest absolute Gasteiger partial charge is 0.250 e. The van der Waals surface area contributed by atoms with Gasteiger partial charge in [-0.15, -0.1) is 0 Å². The van der Waals surface area contributed by atoms with Gasteiger partial charge in [0.2, 0.25) is 0 Å². The van der Waals surface area contributed by atoms with Gasteiger partial charge in [0.25, 0.3) is 5.91 Å². The van der Waals surface area contributed by atoms with Crippen LogP contribution in [0.1, 0.15) is 25.0 Å². The van der Waals surface area contributed by atoms with E-state index in [4.69, 9.17) is 9.47 Å². The van der Waals surface area contributed by atoms with Crippen LogP contribution < -0.4 is 10.1 Å². The summed E-state index contributed by atoms with van der Waals surface area (Å²) in [5.74, 6) is 0.858. The molecule has 0 aliphatic carbocycles. The van der Waals surface area contributed by atoms with Crippen molar-refractivity contribution in [3.63, 3.8) is 0 Å². The maximum atomic E-state index is 12.2. The zero-order valence-corrected chi connectivity index (χ0v) is 13.7. The second-order valence-electron chi connectivity index (χ2n) is 5.50. The number of aryl methyl sites for hydroxylation is 1. The Morgan fingerprint density at radius 2 is 2.27 bits per heavy atom. The lowest BCUT2D eigenvalue weighted by Gasteiger charge is -2.31. The molecule has 1 heterocycles. The van der Waals surface area contributed by atoms with Crippen LogP contribution in [-0.2, 0) is 16.1 Å². The van der Waals surface area contributed by atoms with Gasteiger partial charge in [0.05, 0.1) is 13.2 Å². The molecule has 0 spiro atoms. The van der Waals surface area contributed by atoms with Gasteiger partial charge in [0.15, 0.2) is 0 Å². The Balaban J connectivity index is 1.87. The molecular weight excluding hydrogens is 280 g/mol. The quantitative estimate of drug-likeness (QED) is 0.869. The lowest BCUT2D eigenvalue weighted by atomic mass is 10.1. The van der Waals surface area contributed by atoms with Crippen molar-refractivity contribution in [2.24, 2.45) is 0 Å². The van der Waals surface area contributed by atoms with Crippen LogP contribution in [0.4, 0.5) is 0 Å². The predicted octanol–water partition coefficient (Wildman–Crippen LogP) is 1.73. The number of ether oxygens (including phenoxy) is 2. The Labute approximate surface area is 132 Å². The number of rotatable bonds is 6. The fourth-order valence-electron chi connectivity index (χ4n) is 2.59. The maximum Gasteiger partial charge on any atom is 0.250 e. The Morgan fingerprint density at radius 3 is 2.95 bits per heavy atom. The van der Waals surface area contributed by atoms with Crippen LogP contribution in [0.25, 0.3) is 0 Å². The van der Waals surface area contributed by atoms with Crippen molar-refractivity contribution < 1.29 is 14.3 Å². The van der Waals surface area contributed by atoms with Crippen LogP contribution in [-0.4, -0.2) is 49.8 Å². The summed E-state index contributed by atoms with van der Waals surface area (Å²) in [5.41, 5.74) is 2.15. The number of morpholine rings is 1. The molecule has 1 saturated heterocycles. The average molecular weight is 306 g/mol. The zero-order valence-electron chi connectivity index (χ0n) is 13.7. The van der Waals surface area contributed by atoms with Gasteiger partial charge in [0, 0.05) is 19.6 Å². The number of hydrogen-bond donors (Lipinski definition) is 1. The fourth-order valence-corrected chi connectivity index (χ4v) is 2.59. The van der Waals surface area contributed by atoms with E-state index in [1.807, 2.05) is 32.0 Å². The number of nitrogens with zero attached hydrogens (tertiary/aromatic N) is 1. The van der Waals surface area contributed by atoms with Crippen LogP contribution >= 0.6 is 0 Å². The highest BCUT2D eigenvalue weighted by Gasteiger charge is 2.25. The molecule has 122 valence electrons. The topological polar surface area (TPSA) is 50.8 Å². The van der Waals surface area contributed by atoms with Crippen molar-refractivity contribution >= 4 is 5.91 Å². The molecule has 1 aromatic rings. The molecule has 5 heteroatoms. The van der Waals surface area contributed by atoms with Gasteiger partial charge in [-0.2, -0.15) is 0 Å². The molecule has 0 unspecified atom stereocenters. The minimum Gasteiger partial charge on any atom is -0.494 e. The highest BCUT2D eigenvalue weighted by Crippen LogP contribution is 2.19. The Kier molecular flexibility index (Phi) is 6.21. The number of hydrogen-bond acceptors (Lipinski definition) is 4. The van der Waals surface area contributed by atoms with Crippen molar-refractivity contribution in [1.29, 1.82) is 0 Å². The number of carbonyl (C=O) groups excluding carboxylic acids is 1. The monoisotopic (exact) mass is 306 g/mol. The van der Waals surface area contributed by atoms with Crippen molar-refractivity contribution in [1.82, 2.24) is 10.2 Å². The summed E-state index contributed by atoms with van der Waals surface area (Å²) in [7, 11) is 0. The van der Waals surface area contributed by atoms with E-state index in [1.54, 1.807) is 0 Å². The number of carbonyl (C=O) groups is 1. The molecule has 1 aliphatic rings. The molecule has 1 N–H and O–H groups in total. The van der Waals surface area contributed by atoms with Crippen LogP contribution in [0, 0.1) is 6.92 Å². The minimum absolute atomic E-state index is 0.0373. The van der Waals surface area contributed by atoms with E-state index in [-0.39, 0.29) is 12.0 Å². The third-order valence-electron chi connectivity index (χ3n) is 3.90. The molecule has 0 saturated carbocycles. The molecule has 1 aromatic carbocycles. The normalized spacial score (nSPS) is 19.0. The summed E-state index contributed by atoms with van der Waals surface area (Å²) in [5, 5.41) is 2.96. The fraction of sp³-hybridized carbons (Fsp3) is 0.588. The van der Waals surface area contributed by atoms with Crippen LogP contribution in [0.2, 0.25) is 0 Å². The molecule has 0 aromatic heterocycles. The molecule has 5 nitrogen and oxygen atoms in total. The van der Waals surface area contributed by atoms with Crippen molar-refractivity contribution in [2.45, 2.75) is 33.4 Å². The van der Waals surface area contributed by atoms with Gasteiger partial charge < -0.3 is 14.8 Å². The van der Waals surface area contributed by atoms with E-state index in [0.29, 0.717) is 26.3 Å².